The second-order valence-corrected chi connectivity index (χ2v) is 7.21. The Labute approximate surface area is 128 Å². The average molecular weight is 291 g/mol. The van der Waals surface area contributed by atoms with E-state index < -0.39 is 0 Å². The van der Waals surface area contributed by atoms with Crippen LogP contribution in [0.2, 0.25) is 0 Å². The minimum absolute atomic E-state index is 0.308. The third-order valence-electron chi connectivity index (χ3n) is 4.29. The first-order chi connectivity index (χ1) is 9.91. The standard InChI is InChI=1S/C17H29N3O/c1-12(2)16-19-11-15(14(20-16)10-18-5)21-13-6-8-17(3,4)9-7-13/h11-13,18H,6-10H2,1-5H3. The highest BCUT2D eigenvalue weighted by Gasteiger charge is 2.28. The maximum Gasteiger partial charge on any atom is 0.160 e. The van der Waals surface area contributed by atoms with Gasteiger partial charge in [0.05, 0.1) is 18.0 Å². The number of aromatic nitrogens is 2. The van der Waals surface area contributed by atoms with Gasteiger partial charge in [0.25, 0.3) is 0 Å². The van der Waals surface area contributed by atoms with Crippen LogP contribution in [-0.4, -0.2) is 23.1 Å². The molecule has 1 fully saturated rings. The summed E-state index contributed by atoms with van der Waals surface area (Å²) in [6.07, 6.45) is 6.86. The molecule has 1 aromatic heterocycles. The Morgan fingerprint density at radius 1 is 1.33 bits per heavy atom. The molecule has 4 heteroatoms. The van der Waals surface area contributed by atoms with Gasteiger partial charge in [0.15, 0.2) is 5.75 Å². The molecular formula is C17H29N3O. The molecule has 0 spiro atoms. The maximum atomic E-state index is 6.20. The van der Waals surface area contributed by atoms with E-state index in [9.17, 15) is 0 Å². The Hall–Kier alpha value is -1.16. The highest BCUT2D eigenvalue weighted by Crippen LogP contribution is 2.36. The van der Waals surface area contributed by atoms with E-state index >= 15 is 0 Å². The molecule has 1 N–H and O–H groups in total. The zero-order chi connectivity index (χ0) is 15.5. The second kappa shape index (κ2) is 6.73. The fourth-order valence-corrected chi connectivity index (χ4v) is 2.76. The van der Waals surface area contributed by atoms with Crippen molar-refractivity contribution in [1.82, 2.24) is 15.3 Å². The van der Waals surface area contributed by atoms with Crippen molar-refractivity contribution in [2.45, 2.75) is 71.9 Å². The summed E-state index contributed by atoms with van der Waals surface area (Å²) >= 11 is 0. The van der Waals surface area contributed by atoms with Crippen molar-refractivity contribution < 1.29 is 4.74 Å². The van der Waals surface area contributed by atoms with Gasteiger partial charge in [-0.25, -0.2) is 9.97 Å². The third-order valence-corrected chi connectivity index (χ3v) is 4.29. The minimum Gasteiger partial charge on any atom is -0.487 e. The number of hydrogen-bond acceptors (Lipinski definition) is 4. The van der Waals surface area contributed by atoms with Crippen LogP contribution in [-0.2, 0) is 6.54 Å². The Balaban J connectivity index is 2.08. The molecule has 0 unspecified atom stereocenters. The summed E-state index contributed by atoms with van der Waals surface area (Å²) in [5.74, 6) is 2.07. The van der Waals surface area contributed by atoms with E-state index in [2.05, 4.69) is 43.0 Å². The maximum absolute atomic E-state index is 6.20. The van der Waals surface area contributed by atoms with Gasteiger partial charge in [0, 0.05) is 12.5 Å². The smallest absolute Gasteiger partial charge is 0.160 e. The summed E-state index contributed by atoms with van der Waals surface area (Å²) in [5.41, 5.74) is 1.44. The monoisotopic (exact) mass is 291 g/mol. The lowest BCUT2D eigenvalue weighted by atomic mass is 9.76. The summed E-state index contributed by atoms with van der Waals surface area (Å²) in [6.45, 7) is 9.63. The molecule has 0 radical (unpaired) electrons. The third kappa shape index (κ3) is 4.40. The molecule has 0 saturated heterocycles. The molecule has 118 valence electrons. The summed E-state index contributed by atoms with van der Waals surface area (Å²) in [4.78, 5) is 9.11. The Morgan fingerprint density at radius 2 is 2.00 bits per heavy atom. The van der Waals surface area contributed by atoms with Gasteiger partial charge in [-0.15, -0.1) is 0 Å². The van der Waals surface area contributed by atoms with Crippen molar-refractivity contribution in [3.05, 3.63) is 17.7 Å². The second-order valence-electron chi connectivity index (χ2n) is 7.21. The highest BCUT2D eigenvalue weighted by atomic mass is 16.5. The van der Waals surface area contributed by atoms with Crippen LogP contribution in [0.3, 0.4) is 0 Å². The van der Waals surface area contributed by atoms with E-state index in [1.165, 1.54) is 12.8 Å². The normalized spacial score (nSPS) is 19.0. The van der Waals surface area contributed by atoms with E-state index in [1.807, 2.05) is 13.2 Å². The number of nitrogens with zero attached hydrogens (tertiary/aromatic N) is 2. The van der Waals surface area contributed by atoms with Crippen molar-refractivity contribution in [2.75, 3.05) is 7.05 Å². The van der Waals surface area contributed by atoms with Crippen LogP contribution in [0.4, 0.5) is 0 Å². The molecule has 1 aliphatic rings. The molecule has 1 aliphatic carbocycles. The Morgan fingerprint density at radius 3 is 2.57 bits per heavy atom. The van der Waals surface area contributed by atoms with Crippen molar-refractivity contribution in [2.24, 2.45) is 5.41 Å². The van der Waals surface area contributed by atoms with Crippen molar-refractivity contribution in [1.29, 1.82) is 0 Å². The van der Waals surface area contributed by atoms with E-state index in [4.69, 9.17) is 4.74 Å². The molecule has 0 aliphatic heterocycles. The van der Waals surface area contributed by atoms with Crippen LogP contribution in [0.5, 0.6) is 5.75 Å². The zero-order valence-corrected chi connectivity index (χ0v) is 14.1. The van der Waals surface area contributed by atoms with Crippen LogP contribution in [0.25, 0.3) is 0 Å². The fourth-order valence-electron chi connectivity index (χ4n) is 2.76. The SMILES string of the molecule is CNCc1nc(C(C)C)ncc1OC1CCC(C)(C)CC1. The first kappa shape index (κ1) is 16.2. The molecule has 0 bridgehead atoms. The summed E-state index contributed by atoms with van der Waals surface area (Å²) in [5, 5.41) is 3.17. The van der Waals surface area contributed by atoms with Crippen molar-refractivity contribution >= 4 is 0 Å². The van der Waals surface area contributed by atoms with Gasteiger partial charge in [0.2, 0.25) is 0 Å². The Bertz CT molecular complexity index is 461. The molecule has 0 aromatic carbocycles. The van der Waals surface area contributed by atoms with Gasteiger partial charge in [-0.3, -0.25) is 0 Å². The molecule has 1 aromatic rings. The predicted octanol–water partition coefficient (Wildman–Crippen LogP) is 3.67. The molecule has 4 nitrogen and oxygen atoms in total. The van der Waals surface area contributed by atoms with Crippen LogP contribution in [0, 0.1) is 5.41 Å². The molecule has 1 heterocycles. The first-order valence-electron chi connectivity index (χ1n) is 8.08. The number of ether oxygens (including phenoxy) is 1. The van der Waals surface area contributed by atoms with Crippen molar-refractivity contribution in [3.8, 4) is 5.75 Å². The van der Waals surface area contributed by atoms with E-state index in [0.29, 0.717) is 17.4 Å². The van der Waals surface area contributed by atoms with E-state index in [0.717, 1.165) is 36.7 Å². The first-order valence-corrected chi connectivity index (χ1v) is 8.08. The van der Waals surface area contributed by atoms with E-state index in [-0.39, 0.29) is 0 Å². The lowest BCUT2D eigenvalue weighted by molar-refractivity contribution is 0.0969. The molecule has 0 amide bonds. The lowest BCUT2D eigenvalue weighted by Gasteiger charge is -2.34. The van der Waals surface area contributed by atoms with Gasteiger partial charge in [-0.05, 0) is 38.1 Å². The minimum atomic E-state index is 0.308. The molecular weight excluding hydrogens is 262 g/mol. The van der Waals surface area contributed by atoms with Crippen molar-refractivity contribution in [3.63, 3.8) is 0 Å². The molecule has 1 saturated carbocycles. The molecule has 0 atom stereocenters. The van der Waals surface area contributed by atoms with Crippen LogP contribution >= 0.6 is 0 Å². The highest BCUT2D eigenvalue weighted by molar-refractivity contribution is 5.25. The molecule has 21 heavy (non-hydrogen) atoms. The Kier molecular flexibility index (Phi) is 5.20. The van der Waals surface area contributed by atoms with Gasteiger partial charge < -0.3 is 10.1 Å². The van der Waals surface area contributed by atoms with Gasteiger partial charge in [0.1, 0.15) is 5.82 Å². The topological polar surface area (TPSA) is 47.0 Å². The van der Waals surface area contributed by atoms with E-state index in [1.54, 1.807) is 0 Å². The van der Waals surface area contributed by atoms with Gasteiger partial charge in [-0.2, -0.15) is 0 Å². The zero-order valence-electron chi connectivity index (χ0n) is 14.1. The lowest BCUT2D eigenvalue weighted by Crippen LogP contribution is -2.29. The van der Waals surface area contributed by atoms with Gasteiger partial charge in [-0.1, -0.05) is 27.7 Å². The quantitative estimate of drug-likeness (QED) is 0.899. The summed E-state index contributed by atoms with van der Waals surface area (Å²) in [6, 6.07) is 0. The van der Waals surface area contributed by atoms with Crippen LogP contribution in [0.1, 0.15) is 70.8 Å². The molecule has 2 rings (SSSR count). The number of hydrogen-bond donors (Lipinski definition) is 1. The number of nitrogens with one attached hydrogen (secondary N) is 1. The summed E-state index contributed by atoms with van der Waals surface area (Å²) < 4.78 is 6.20. The number of rotatable bonds is 5. The fraction of sp³-hybridized carbons (Fsp3) is 0.765. The predicted molar refractivity (Wildman–Crippen MR) is 85.5 cm³/mol. The van der Waals surface area contributed by atoms with Crippen LogP contribution in [0.15, 0.2) is 6.20 Å². The van der Waals surface area contributed by atoms with Gasteiger partial charge >= 0.3 is 0 Å². The summed E-state index contributed by atoms with van der Waals surface area (Å²) in [7, 11) is 1.93. The average Bonchev–Trinajstić information content (AvgIpc) is 2.43. The van der Waals surface area contributed by atoms with Crippen LogP contribution < -0.4 is 10.1 Å². The largest absolute Gasteiger partial charge is 0.487 e.